The molecule has 0 spiro atoms. The minimum Gasteiger partial charge on any atom is -0.397 e. The molecule has 0 heterocycles. The second-order valence-corrected chi connectivity index (χ2v) is 10.3. The number of aliphatic imine (C=N–C) groups is 1. The van der Waals surface area contributed by atoms with Crippen LogP contribution in [0.1, 0.15) is 35.4 Å². The predicted molar refractivity (Wildman–Crippen MR) is 162 cm³/mol. The summed E-state index contributed by atoms with van der Waals surface area (Å²) in [5.41, 5.74) is 25.8. The maximum absolute atomic E-state index is 14.4. The number of rotatable bonds is 11. The van der Waals surface area contributed by atoms with Gasteiger partial charge in [0.2, 0.25) is 11.8 Å². The number of nitrogens with two attached hydrogens (primary N) is 4. The summed E-state index contributed by atoms with van der Waals surface area (Å²) < 4.78 is 1.35. The summed E-state index contributed by atoms with van der Waals surface area (Å²) in [6, 6.07) is 21.7. The van der Waals surface area contributed by atoms with E-state index in [9.17, 15) is 9.59 Å². The zero-order valence-corrected chi connectivity index (χ0v) is 24.6. The third-order valence-electron chi connectivity index (χ3n) is 5.92. The van der Waals surface area contributed by atoms with Crippen LogP contribution in [0.15, 0.2) is 86.7 Å². The van der Waals surface area contributed by atoms with Crippen molar-refractivity contribution >= 4 is 67.7 Å². The molecule has 1 atom stereocenters. The number of carbonyl (C=O) groups is 2. The lowest BCUT2D eigenvalue weighted by molar-refractivity contribution is -0.141. The van der Waals surface area contributed by atoms with Crippen molar-refractivity contribution in [2.45, 2.75) is 31.3 Å². The maximum atomic E-state index is 14.4. The van der Waals surface area contributed by atoms with E-state index in [1.807, 2.05) is 72.8 Å². The molecular weight excluding hydrogens is 636 g/mol. The number of primary amides is 1. The van der Waals surface area contributed by atoms with Gasteiger partial charge in [0.25, 0.3) is 0 Å². The molecule has 0 bridgehead atoms. The second kappa shape index (κ2) is 14.8. The number of hydrogen-bond donors (Lipinski definition) is 4. The van der Waals surface area contributed by atoms with Crippen molar-refractivity contribution in [3.63, 3.8) is 0 Å². The van der Waals surface area contributed by atoms with E-state index in [4.69, 9.17) is 22.9 Å². The van der Waals surface area contributed by atoms with Crippen LogP contribution in [0.2, 0.25) is 0 Å². The van der Waals surface area contributed by atoms with E-state index >= 15 is 0 Å². The molecule has 3 aromatic rings. The monoisotopic (exact) mass is 664 g/mol. The van der Waals surface area contributed by atoms with Gasteiger partial charge in [-0.15, -0.1) is 12.4 Å². The molecule has 3 aromatic carbocycles. The summed E-state index contributed by atoms with van der Waals surface area (Å²) in [6.07, 6.45) is 0.761. The van der Waals surface area contributed by atoms with E-state index in [1.54, 1.807) is 4.90 Å². The number of guanidine groups is 1. The van der Waals surface area contributed by atoms with Crippen LogP contribution in [0.3, 0.4) is 0 Å². The minimum absolute atomic E-state index is 0. The smallest absolute Gasteiger partial charge is 0.240 e. The van der Waals surface area contributed by atoms with E-state index in [2.05, 4.69) is 36.9 Å². The summed E-state index contributed by atoms with van der Waals surface area (Å²) in [5.74, 6) is -1.52. The van der Waals surface area contributed by atoms with E-state index in [1.165, 1.54) is 0 Å². The number of nitrogen functional groups attached to an aromatic ring is 1. The lowest BCUT2D eigenvalue weighted by Crippen LogP contribution is -2.49. The summed E-state index contributed by atoms with van der Waals surface area (Å²) in [4.78, 5) is 32.7. The zero-order chi connectivity index (χ0) is 26.9. The Kier molecular flexibility index (Phi) is 12.1. The fourth-order valence-corrected chi connectivity index (χ4v) is 5.43. The van der Waals surface area contributed by atoms with Gasteiger partial charge in [0.05, 0.1) is 11.6 Å². The number of amides is 2. The standard InChI is InChI=1S/C27H30Br2N6O2.ClH/c28-20-14-17(15-21(29)24(20)30)16-35(22(25(31)36)12-7-13-34-27(32)33)26(37)23(18-8-3-1-4-9-18)19-10-5-2-6-11-19;/h1-6,8-11,14-15,22-23H,7,12-13,16,30H2,(H2,31,36)(H4,32,33,34);1H/t22-;/m1./s1. The maximum Gasteiger partial charge on any atom is 0.240 e. The SMILES string of the molecule is Cl.NC(=O)[C@@H](CCCN=C(N)N)N(Cc1cc(Br)c(N)c(Br)c1)C(=O)C(c1ccccc1)c1ccccc1. The van der Waals surface area contributed by atoms with Gasteiger partial charge in [-0.05, 0) is 73.5 Å². The summed E-state index contributed by atoms with van der Waals surface area (Å²) >= 11 is 6.94. The van der Waals surface area contributed by atoms with Crippen LogP contribution in [0.5, 0.6) is 0 Å². The Hall–Kier alpha value is -3.08. The van der Waals surface area contributed by atoms with Gasteiger partial charge in [-0.2, -0.15) is 0 Å². The molecule has 0 fully saturated rings. The third kappa shape index (κ3) is 8.21. The molecule has 0 unspecified atom stereocenters. The Labute approximate surface area is 245 Å². The minimum atomic E-state index is -0.883. The quantitative estimate of drug-likeness (QED) is 0.104. The van der Waals surface area contributed by atoms with E-state index in [-0.39, 0.29) is 30.8 Å². The third-order valence-corrected chi connectivity index (χ3v) is 7.23. The molecule has 202 valence electrons. The van der Waals surface area contributed by atoms with Crippen molar-refractivity contribution in [2.24, 2.45) is 22.2 Å². The number of nitrogens with zero attached hydrogens (tertiary/aromatic N) is 2. The van der Waals surface area contributed by atoms with Gasteiger partial charge < -0.3 is 27.8 Å². The van der Waals surface area contributed by atoms with Crippen molar-refractivity contribution in [1.29, 1.82) is 0 Å². The van der Waals surface area contributed by atoms with Gasteiger partial charge in [-0.25, -0.2) is 0 Å². The van der Waals surface area contributed by atoms with Crippen LogP contribution < -0.4 is 22.9 Å². The number of benzene rings is 3. The second-order valence-electron chi connectivity index (χ2n) is 8.56. The first-order valence-corrected chi connectivity index (χ1v) is 13.3. The Balaban J connectivity index is 0.00000507. The molecule has 2 amide bonds. The normalized spacial score (nSPS) is 11.3. The van der Waals surface area contributed by atoms with Crippen LogP contribution in [0.25, 0.3) is 0 Å². The number of halogens is 3. The molecule has 0 saturated heterocycles. The van der Waals surface area contributed by atoms with E-state index < -0.39 is 17.9 Å². The molecule has 3 rings (SSSR count). The van der Waals surface area contributed by atoms with E-state index in [0.29, 0.717) is 34.0 Å². The molecule has 0 aromatic heterocycles. The zero-order valence-electron chi connectivity index (χ0n) is 20.6. The van der Waals surface area contributed by atoms with Crippen LogP contribution in [-0.4, -0.2) is 35.3 Å². The molecule has 0 aliphatic heterocycles. The van der Waals surface area contributed by atoms with Crippen molar-refractivity contribution < 1.29 is 9.59 Å². The van der Waals surface area contributed by atoms with Crippen LogP contribution in [0, 0.1) is 0 Å². The first kappa shape index (κ1) is 31.1. The first-order valence-electron chi connectivity index (χ1n) is 11.7. The van der Waals surface area contributed by atoms with Gasteiger partial charge in [0, 0.05) is 22.0 Å². The Morgan fingerprint density at radius 2 is 1.37 bits per heavy atom. The highest BCUT2D eigenvalue weighted by Gasteiger charge is 2.34. The summed E-state index contributed by atoms with van der Waals surface area (Å²) in [7, 11) is 0. The molecule has 0 saturated carbocycles. The average molecular weight is 667 g/mol. The molecule has 8 N–H and O–H groups in total. The fraction of sp³-hybridized carbons (Fsp3) is 0.222. The average Bonchev–Trinajstić information content (AvgIpc) is 2.87. The molecule has 0 aliphatic rings. The molecular formula is C27H31Br2ClN6O2. The highest BCUT2D eigenvalue weighted by Crippen LogP contribution is 2.33. The molecule has 0 aliphatic carbocycles. The highest BCUT2D eigenvalue weighted by atomic mass is 79.9. The number of carbonyl (C=O) groups excluding carboxylic acids is 2. The van der Waals surface area contributed by atoms with Gasteiger partial charge in [0.15, 0.2) is 5.96 Å². The largest absolute Gasteiger partial charge is 0.397 e. The predicted octanol–water partition coefficient (Wildman–Crippen LogP) is 4.28. The number of hydrogen-bond acceptors (Lipinski definition) is 4. The Morgan fingerprint density at radius 3 is 1.82 bits per heavy atom. The lowest BCUT2D eigenvalue weighted by atomic mass is 9.89. The fourth-order valence-electron chi connectivity index (χ4n) is 4.15. The van der Waals surface area contributed by atoms with Crippen LogP contribution in [-0.2, 0) is 16.1 Å². The molecule has 8 nitrogen and oxygen atoms in total. The first-order chi connectivity index (χ1) is 17.7. The van der Waals surface area contributed by atoms with Crippen molar-refractivity contribution in [3.05, 3.63) is 98.4 Å². The summed E-state index contributed by atoms with van der Waals surface area (Å²) in [6.45, 7) is 0.455. The molecule has 11 heteroatoms. The lowest BCUT2D eigenvalue weighted by Gasteiger charge is -2.33. The van der Waals surface area contributed by atoms with Gasteiger partial charge in [0.1, 0.15) is 6.04 Å². The van der Waals surface area contributed by atoms with Crippen molar-refractivity contribution in [2.75, 3.05) is 12.3 Å². The van der Waals surface area contributed by atoms with Gasteiger partial charge in [-0.3, -0.25) is 14.6 Å². The van der Waals surface area contributed by atoms with Crippen molar-refractivity contribution in [3.8, 4) is 0 Å². The van der Waals surface area contributed by atoms with Crippen molar-refractivity contribution in [1.82, 2.24) is 4.90 Å². The van der Waals surface area contributed by atoms with Crippen LogP contribution >= 0.6 is 44.3 Å². The summed E-state index contributed by atoms with van der Waals surface area (Å²) in [5, 5.41) is 0. The Bertz CT molecular complexity index is 1190. The van der Waals surface area contributed by atoms with E-state index in [0.717, 1.165) is 16.7 Å². The van der Waals surface area contributed by atoms with Gasteiger partial charge >= 0.3 is 0 Å². The highest BCUT2D eigenvalue weighted by molar-refractivity contribution is 9.11. The molecule has 0 radical (unpaired) electrons. The topological polar surface area (TPSA) is 154 Å². The van der Waals surface area contributed by atoms with Crippen LogP contribution in [0.4, 0.5) is 5.69 Å². The molecule has 38 heavy (non-hydrogen) atoms. The number of anilines is 1. The van der Waals surface area contributed by atoms with Gasteiger partial charge in [-0.1, -0.05) is 60.7 Å². The Morgan fingerprint density at radius 1 is 0.868 bits per heavy atom.